The lowest BCUT2D eigenvalue weighted by Crippen LogP contribution is -2.50. The smallest absolute Gasteiger partial charge is 0.238 e. The van der Waals surface area contributed by atoms with E-state index < -0.39 is 0 Å². The molecule has 0 aromatic carbocycles. The highest BCUT2D eigenvalue weighted by Crippen LogP contribution is 2.41. The molecule has 0 spiro atoms. The lowest BCUT2D eigenvalue weighted by atomic mass is 9.98. The Balaban J connectivity index is 2.10. The highest BCUT2D eigenvalue weighted by atomic mass is 32.2. The first kappa shape index (κ1) is 14.2. The SMILES string of the molecule is CCN(C(=O)C1(C)CCCS1)C1CCCC1CN. The van der Waals surface area contributed by atoms with Crippen LogP contribution in [0, 0.1) is 5.92 Å². The van der Waals surface area contributed by atoms with E-state index in [1.807, 2.05) is 11.8 Å². The third kappa shape index (κ3) is 2.55. The molecule has 2 rings (SSSR count). The van der Waals surface area contributed by atoms with E-state index in [4.69, 9.17) is 5.73 Å². The second-order valence-corrected chi connectivity index (χ2v) is 7.37. The summed E-state index contributed by atoms with van der Waals surface area (Å²) in [5.74, 6) is 2.01. The number of amides is 1. The maximum absolute atomic E-state index is 12.8. The van der Waals surface area contributed by atoms with Crippen molar-refractivity contribution in [1.82, 2.24) is 4.90 Å². The molecule has 0 bridgehead atoms. The molecule has 104 valence electrons. The minimum atomic E-state index is -0.169. The second kappa shape index (κ2) is 5.83. The van der Waals surface area contributed by atoms with Gasteiger partial charge in [-0.05, 0) is 57.7 Å². The molecule has 4 heteroatoms. The average Bonchev–Trinajstić information content (AvgIpc) is 2.99. The maximum atomic E-state index is 12.8. The molecule has 2 aliphatic rings. The van der Waals surface area contributed by atoms with Gasteiger partial charge in [-0.3, -0.25) is 4.79 Å². The van der Waals surface area contributed by atoms with Crippen LogP contribution in [0.25, 0.3) is 0 Å². The predicted octanol–water partition coefficient (Wildman–Crippen LogP) is 2.25. The van der Waals surface area contributed by atoms with Crippen molar-refractivity contribution in [3.8, 4) is 0 Å². The lowest BCUT2D eigenvalue weighted by Gasteiger charge is -2.37. The predicted molar refractivity (Wildman–Crippen MR) is 77.7 cm³/mol. The number of rotatable bonds is 4. The van der Waals surface area contributed by atoms with Crippen molar-refractivity contribution < 1.29 is 4.79 Å². The van der Waals surface area contributed by atoms with Crippen LogP contribution in [0.15, 0.2) is 0 Å². The van der Waals surface area contributed by atoms with Crippen molar-refractivity contribution in [2.75, 3.05) is 18.8 Å². The van der Waals surface area contributed by atoms with E-state index in [2.05, 4.69) is 18.7 Å². The fraction of sp³-hybridized carbons (Fsp3) is 0.929. The van der Waals surface area contributed by atoms with Crippen molar-refractivity contribution in [3.05, 3.63) is 0 Å². The molecule has 1 aliphatic heterocycles. The van der Waals surface area contributed by atoms with Crippen LogP contribution in [-0.2, 0) is 4.79 Å². The Morgan fingerprint density at radius 2 is 2.22 bits per heavy atom. The van der Waals surface area contributed by atoms with Crippen LogP contribution < -0.4 is 5.73 Å². The maximum Gasteiger partial charge on any atom is 0.238 e. The Morgan fingerprint density at radius 1 is 1.44 bits per heavy atom. The summed E-state index contributed by atoms with van der Waals surface area (Å²) in [6.07, 6.45) is 5.76. The first-order valence-corrected chi connectivity index (χ1v) is 8.26. The van der Waals surface area contributed by atoms with Gasteiger partial charge in [0.15, 0.2) is 0 Å². The largest absolute Gasteiger partial charge is 0.338 e. The summed E-state index contributed by atoms with van der Waals surface area (Å²) in [5.41, 5.74) is 5.86. The van der Waals surface area contributed by atoms with E-state index in [0.717, 1.165) is 31.7 Å². The Bertz CT molecular complexity index is 302. The number of nitrogens with zero attached hydrogens (tertiary/aromatic N) is 1. The number of hydrogen-bond donors (Lipinski definition) is 1. The molecule has 1 saturated carbocycles. The summed E-state index contributed by atoms with van der Waals surface area (Å²) in [6, 6.07) is 0.394. The van der Waals surface area contributed by atoms with Crippen LogP contribution in [-0.4, -0.2) is 40.4 Å². The van der Waals surface area contributed by atoms with Crippen LogP contribution in [0.5, 0.6) is 0 Å². The fourth-order valence-electron chi connectivity index (χ4n) is 3.48. The summed E-state index contributed by atoms with van der Waals surface area (Å²) in [6.45, 7) is 5.78. The molecular formula is C14H26N2OS. The van der Waals surface area contributed by atoms with Gasteiger partial charge in [-0.15, -0.1) is 11.8 Å². The molecule has 0 aromatic rings. The quantitative estimate of drug-likeness (QED) is 0.852. The molecule has 1 amide bonds. The molecule has 2 N–H and O–H groups in total. The summed E-state index contributed by atoms with van der Waals surface area (Å²) >= 11 is 1.84. The molecule has 0 aromatic heterocycles. The number of hydrogen-bond acceptors (Lipinski definition) is 3. The van der Waals surface area contributed by atoms with Crippen molar-refractivity contribution in [1.29, 1.82) is 0 Å². The first-order chi connectivity index (χ1) is 8.62. The van der Waals surface area contributed by atoms with Crippen LogP contribution in [0.3, 0.4) is 0 Å². The minimum Gasteiger partial charge on any atom is -0.338 e. The van der Waals surface area contributed by atoms with E-state index in [9.17, 15) is 4.79 Å². The zero-order chi connectivity index (χ0) is 13.2. The summed E-state index contributed by atoms with van der Waals surface area (Å²) < 4.78 is -0.169. The van der Waals surface area contributed by atoms with Crippen LogP contribution in [0.4, 0.5) is 0 Å². The molecule has 18 heavy (non-hydrogen) atoms. The Kier molecular flexibility index (Phi) is 4.59. The Hall–Kier alpha value is -0.220. The first-order valence-electron chi connectivity index (χ1n) is 7.27. The van der Waals surface area contributed by atoms with E-state index in [0.29, 0.717) is 17.9 Å². The molecule has 1 heterocycles. The number of thioether (sulfide) groups is 1. The number of carbonyl (C=O) groups excluding carboxylic acids is 1. The van der Waals surface area contributed by atoms with E-state index in [-0.39, 0.29) is 4.75 Å². The van der Waals surface area contributed by atoms with Crippen LogP contribution >= 0.6 is 11.8 Å². The highest BCUT2D eigenvalue weighted by molar-refractivity contribution is 8.01. The van der Waals surface area contributed by atoms with E-state index in [1.54, 1.807) is 0 Å². The number of nitrogens with two attached hydrogens (primary N) is 1. The lowest BCUT2D eigenvalue weighted by molar-refractivity contribution is -0.136. The monoisotopic (exact) mass is 270 g/mol. The third-order valence-electron chi connectivity index (χ3n) is 4.59. The normalized spacial score (nSPS) is 35.9. The van der Waals surface area contributed by atoms with Gasteiger partial charge in [0.1, 0.15) is 0 Å². The van der Waals surface area contributed by atoms with E-state index >= 15 is 0 Å². The highest BCUT2D eigenvalue weighted by Gasteiger charge is 2.43. The average molecular weight is 270 g/mol. The standard InChI is InChI=1S/C14H26N2OS/c1-3-16(12-7-4-6-11(12)10-15)13(17)14(2)8-5-9-18-14/h11-12H,3-10,15H2,1-2H3. The molecule has 3 nitrogen and oxygen atoms in total. The molecular weight excluding hydrogens is 244 g/mol. The molecule has 2 fully saturated rings. The molecule has 1 saturated heterocycles. The van der Waals surface area contributed by atoms with Gasteiger partial charge < -0.3 is 10.6 Å². The van der Waals surface area contributed by atoms with Crippen molar-refractivity contribution >= 4 is 17.7 Å². The number of carbonyl (C=O) groups is 1. The molecule has 0 radical (unpaired) electrons. The minimum absolute atomic E-state index is 0.169. The molecule has 1 aliphatic carbocycles. The second-order valence-electron chi connectivity index (χ2n) is 5.77. The third-order valence-corrected chi connectivity index (χ3v) is 6.10. The van der Waals surface area contributed by atoms with Crippen molar-refractivity contribution in [2.45, 2.75) is 56.7 Å². The van der Waals surface area contributed by atoms with Crippen molar-refractivity contribution in [2.24, 2.45) is 11.7 Å². The van der Waals surface area contributed by atoms with E-state index in [1.165, 1.54) is 19.3 Å². The molecule has 3 atom stereocenters. The van der Waals surface area contributed by atoms with Gasteiger partial charge in [-0.2, -0.15) is 0 Å². The fourth-order valence-corrected chi connectivity index (χ4v) is 4.75. The Morgan fingerprint density at radius 3 is 2.78 bits per heavy atom. The summed E-state index contributed by atoms with van der Waals surface area (Å²) in [7, 11) is 0. The van der Waals surface area contributed by atoms with Crippen LogP contribution in [0.1, 0.15) is 46.0 Å². The zero-order valence-corrected chi connectivity index (χ0v) is 12.5. The van der Waals surface area contributed by atoms with Gasteiger partial charge in [-0.25, -0.2) is 0 Å². The van der Waals surface area contributed by atoms with Gasteiger partial charge >= 0.3 is 0 Å². The van der Waals surface area contributed by atoms with Gasteiger partial charge in [0.2, 0.25) is 5.91 Å². The summed E-state index contributed by atoms with van der Waals surface area (Å²) in [4.78, 5) is 14.9. The Labute approximate surface area is 115 Å². The van der Waals surface area contributed by atoms with Gasteiger partial charge in [-0.1, -0.05) is 6.42 Å². The van der Waals surface area contributed by atoms with Gasteiger partial charge in [0, 0.05) is 12.6 Å². The molecule has 3 unspecified atom stereocenters. The van der Waals surface area contributed by atoms with Gasteiger partial charge in [0.25, 0.3) is 0 Å². The summed E-state index contributed by atoms with van der Waals surface area (Å²) in [5, 5.41) is 0. The van der Waals surface area contributed by atoms with Crippen LogP contribution in [0.2, 0.25) is 0 Å². The van der Waals surface area contributed by atoms with Crippen molar-refractivity contribution in [3.63, 3.8) is 0 Å². The topological polar surface area (TPSA) is 46.3 Å². The van der Waals surface area contributed by atoms with Gasteiger partial charge in [0.05, 0.1) is 4.75 Å². The zero-order valence-electron chi connectivity index (χ0n) is 11.7.